The predicted octanol–water partition coefficient (Wildman–Crippen LogP) is 4.17. The SMILES string of the molecule is COc1ccc(-c2nnc(NC(=O)CCSc3ccc(C)cc3)o2)cc1. The lowest BCUT2D eigenvalue weighted by Crippen LogP contribution is -2.12. The van der Waals surface area contributed by atoms with E-state index in [1.165, 1.54) is 5.56 Å². The molecule has 0 spiro atoms. The van der Waals surface area contributed by atoms with Crippen LogP contribution in [0.25, 0.3) is 11.5 Å². The first-order chi connectivity index (χ1) is 12.6. The van der Waals surface area contributed by atoms with Crippen molar-refractivity contribution in [2.24, 2.45) is 0 Å². The van der Waals surface area contributed by atoms with Crippen LogP contribution < -0.4 is 10.1 Å². The molecule has 3 aromatic rings. The number of rotatable bonds is 7. The molecular formula is C19H19N3O3S. The van der Waals surface area contributed by atoms with Gasteiger partial charge in [0, 0.05) is 22.6 Å². The third kappa shape index (κ3) is 4.86. The molecular weight excluding hydrogens is 350 g/mol. The van der Waals surface area contributed by atoms with Crippen molar-refractivity contribution in [2.45, 2.75) is 18.2 Å². The molecule has 7 heteroatoms. The second-order valence-corrected chi connectivity index (χ2v) is 6.77. The number of benzene rings is 2. The van der Waals surface area contributed by atoms with E-state index in [2.05, 4.69) is 39.8 Å². The highest BCUT2D eigenvalue weighted by atomic mass is 32.2. The molecule has 0 atom stereocenters. The molecule has 2 aromatic carbocycles. The van der Waals surface area contributed by atoms with E-state index >= 15 is 0 Å². The average molecular weight is 369 g/mol. The van der Waals surface area contributed by atoms with Gasteiger partial charge in [0.15, 0.2) is 0 Å². The van der Waals surface area contributed by atoms with Crippen LogP contribution >= 0.6 is 11.8 Å². The van der Waals surface area contributed by atoms with Gasteiger partial charge in [-0.15, -0.1) is 16.9 Å². The number of aromatic nitrogens is 2. The highest BCUT2D eigenvalue weighted by molar-refractivity contribution is 7.99. The molecule has 0 aliphatic heterocycles. The van der Waals surface area contributed by atoms with E-state index in [-0.39, 0.29) is 11.9 Å². The largest absolute Gasteiger partial charge is 0.497 e. The van der Waals surface area contributed by atoms with Gasteiger partial charge < -0.3 is 9.15 Å². The quantitative estimate of drug-likeness (QED) is 0.630. The van der Waals surface area contributed by atoms with Crippen molar-refractivity contribution >= 4 is 23.7 Å². The highest BCUT2D eigenvalue weighted by Gasteiger charge is 2.11. The standard InChI is InChI=1S/C19H19N3O3S/c1-13-3-9-16(10-4-13)26-12-11-17(23)20-19-22-21-18(25-19)14-5-7-15(24-2)8-6-14/h3-10H,11-12H2,1-2H3,(H,20,22,23). The van der Waals surface area contributed by atoms with Gasteiger partial charge in [-0.3, -0.25) is 10.1 Å². The molecule has 0 aliphatic rings. The number of methoxy groups -OCH3 is 1. The van der Waals surface area contributed by atoms with Crippen molar-refractivity contribution in [1.29, 1.82) is 0 Å². The summed E-state index contributed by atoms with van der Waals surface area (Å²) < 4.78 is 10.6. The van der Waals surface area contributed by atoms with Crippen LogP contribution in [-0.2, 0) is 4.79 Å². The molecule has 0 fully saturated rings. The Morgan fingerprint density at radius 3 is 2.54 bits per heavy atom. The van der Waals surface area contributed by atoms with Crippen LogP contribution in [0.15, 0.2) is 57.8 Å². The van der Waals surface area contributed by atoms with Crippen LogP contribution in [0.5, 0.6) is 5.75 Å². The van der Waals surface area contributed by atoms with Gasteiger partial charge in [0.2, 0.25) is 11.8 Å². The van der Waals surface area contributed by atoms with E-state index in [0.717, 1.165) is 16.2 Å². The van der Waals surface area contributed by atoms with E-state index in [1.54, 1.807) is 31.0 Å². The van der Waals surface area contributed by atoms with Gasteiger partial charge in [-0.1, -0.05) is 22.8 Å². The Balaban J connectivity index is 1.50. The molecule has 134 valence electrons. The second kappa shape index (κ2) is 8.53. The summed E-state index contributed by atoms with van der Waals surface area (Å²) in [5.74, 6) is 1.60. The number of hydrogen-bond donors (Lipinski definition) is 1. The summed E-state index contributed by atoms with van der Waals surface area (Å²) in [6.45, 7) is 2.05. The number of ether oxygens (including phenoxy) is 1. The summed E-state index contributed by atoms with van der Waals surface area (Å²) in [4.78, 5) is 13.2. The fourth-order valence-electron chi connectivity index (χ4n) is 2.20. The number of anilines is 1. The van der Waals surface area contributed by atoms with Gasteiger partial charge in [-0.05, 0) is 43.3 Å². The lowest BCUT2D eigenvalue weighted by molar-refractivity contribution is -0.115. The Morgan fingerprint density at radius 2 is 1.85 bits per heavy atom. The number of nitrogens with zero attached hydrogens (tertiary/aromatic N) is 2. The number of aryl methyl sites for hydroxylation is 1. The third-order valence-corrected chi connectivity index (χ3v) is 4.64. The predicted molar refractivity (Wildman–Crippen MR) is 101 cm³/mol. The van der Waals surface area contributed by atoms with E-state index < -0.39 is 0 Å². The van der Waals surface area contributed by atoms with Gasteiger partial charge in [-0.25, -0.2) is 0 Å². The van der Waals surface area contributed by atoms with Crippen LogP contribution in [0.3, 0.4) is 0 Å². The molecule has 6 nitrogen and oxygen atoms in total. The van der Waals surface area contributed by atoms with Crippen LogP contribution in [0.2, 0.25) is 0 Å². The van der Waals surface area contributed by atoms with Gasteiger partial charge in [0.05, 0.1) is 7.11 Å². The Kier molecular flexibility index (Phi) is 5.91. The molecule has 1 heterocycles. The number of thioether (sulfide) groups is 1. The summed E-state index contributed by atoms with van der Waals surface area (Å²) in [6.07, 6.45) is 0.360. The smallest absolute Gasteiger partial charge is 0.322 e. The molecule has 0 radical (unpaired) electrons. The average Bonchev–Trinajstić information content (AvgIpc) is 3.12. The fraction of sp³-hybridized carbons (Fsp3) is 0.211. The Labute approximate surface area is 156 Å². The van der Waals surface area contributed by atoms with Crippen molar-refractivity contribution in [3.05, 3.63) is 54.1 Å². The monoisotopic (exact) mass is 369 g/mol. The number of carbonyl (C=O) groups excluding carboxylic acids is 1. The number of carbonyl (C=O) groups is 1. The number of hydrogen-bond acceptors (Lipinski definition) is 6. The zero-order valence-corrected chi connectivity index (χ0v) is 15.4. The van der Waals surface area contributed by atoms with E-state index in [1.807, 2.05) is 19.1 Å². The van der Waals surface area contributed by atoms with Crippen molar-refractivity contribution in [3.63, 3.8) is 0 Å². The Hall–Kier alpha value is -2.80. The van der Waals surface area contributed by atoms with Crippen molar-refractivity contribution < 1.29 is 13.9 Å². The molecule has 26 heavy (non-hydrogen) atoms. The third-order valence-electron chi connectivity index (χ3n) is 3.63. The Morgan fingerprint density at radius 1 is 1.12 bits per heavy atom. The topological polar surface area (TPSA) is 77.3 Å². The molecule has 0 bridgehead atoms. The summed E-state index contributed by atoms with van der Waals surface area (Å²) in [5, 5.41) is 10.5. The van der Waals surface area contributed by atoms with E-state index in [4.69, 9.17) is 9.15 Å². The van der Waals surface area contributed by atoms with Gasteiger partial charge in [0.1, 0.15) is 5.75 Å². The fourth-order valence-corrected chi connectivity index (χ4v) is 3.05. The summed E-state index contributed by atoms with van der Waals surface area (Å²) in [7, 11) is 1.60. The molecule has 1 aromatic heterocycles. The van der Waals surface area contributed by atoms with Crippen LogP contribution in [0, 0.1) is 6.92 Å². The van der Waals surface area contributed by atoms with Gasteiger partial charge in [0.25, 0.3) is 0 Å². The van der Waals surface area contributed by atoms with Crippen LogP contribution in [0.1, 0.15) is 12.0 Å². The second-order valence-electron chi connectivity index (χ2n) is 5.60. The zero-order chi connectivity index (χ0) is 18.4. The first-order valence-electron chi connectivity index (χ1n) is 8.11. The summed E-state index contributed by atoms with van der Waals surface area (Å²) in [5.41, 5.74) is 1.98. The number of nitrogens with one attached hydrogen (secondary N) is 1. The first-order valence-corrected chi connectivity index (χ1v) is 9.10. The molecule has 3 rings (SSSR count). The lowest BCUT2D eigenvalue weighted by Gasteiger charge is -2.02. The van der Waals surface area contributed by atoms with Crippen molar-refractivity contribution in [2.75, 3.05) is 18.2 Å². The minimum atomic E-state index is -0.158. The van der Waals surface area contributed by atoms with Gasteiger partial charge in [-0.2, -0.15) is 0 Å². The molecule has 0 unspecified atom stereocenters. The first kappa shape index (κ1) is 18.0. The van der Waals surface area contributed by atoms with Crippen LogP contribution in [0.4, 0.5) is 6.01 Å². The summed E-state index contributed by atoms with van der Waals surface area (Å²) in [6, 6.07) is 15.6. The van der Waals surface area contributed by atoms with Crippen molar-refractivity contribution in [1.82, 2.24) is 10.2 Å². The van der Waals surface area contributed by atoms with Gasteiger partial charge >= 0.3 is 6.01 Å². The maximum Gasteiger partial charge on any atom is 0.322 e. The minimum Gasteiger partial charge on any atom is -0.497 e. The van der Waals surface area contributed by atoms with Crippen LogP contribution in [-0.4, -0.2) is 29.0 Å². The zero-order valence-electron chi connectivity index (χ0n) is 14.6. The normalized spacial score (nSPS) is 10.5. The molecule has 0 saturated carbocycles. The molecule has 0 saturated heterocycles. The molecule has 1 amide bonds. The van der Waals surface area contributed by atoms with Crippen molar-refractivity contribution in [3.8, 4) is 17.2 Å². The maximum atomic E-state index is 12.0. The minimum absolute atomic E-state index is 0.0983. The van der Waals surface area contributed by atoms with E-state index in [9.17, 15) is 4.79 Å². The van der Waals surface area contributed by atoms with E-state index in [0.29, 0.717) is 18.1 Å². The highest BCUT2D eigenvalue weighted by Crippen LogP contribution is 2.23. The summed E-state index contributed by atoms with van der Waals surface area (Å²) >= 11 is 1.63. The number of amides is 1. The maximum absolute atomic E-state index is 12.0. The lowest BCUT2D eigenvalue weighted by atomic mass is 10.2. The Bertz CT molecular complexity index is 860. The molecule has 1 N–H and O–H groups in total. The molecule has 0 aliphatic carbocycles.